The van der Waals surface area contributed by atoms with Gasteiger partial charge in [-0.1, -0.05) is 19.3 Å². The van der Waals surface area contributed by atoms with E-state index in [1.807, 2.05) is 0 Å². The second-order valence-corrected chi connectivity index (χ2v) is 5.87. The Morgan fingerprint density at radius 2 is 1.94 bits per heavy atom. The zero-order valence-corrected chi connectivity index (χ0v) is 10.6. The van der Waals surface area contributed by atoms with Gasteiger partial charge in [-0.3, -0.25) is 5.43 Å². The summed E-state index contributed by atoms with van der Waals surface area (Å²) in [6.45, 7) is 1.17. The number of guanidine groups is 1. The number of nitrogens with two attached hydrogens (primary N) is 1. The van der Waals surface area contributed by atoms with Crippen molar-refractivity contribution in [3.05, 3.63) is 0 Å². The predicted octanol–water partition coefficient (Wildman–Crippen LogP) is 1.62. The summed E-state index contributed by atoms with van der Waals surface area (Å²) < 4.78 is 0. The monoisotopic (exact) mass is 236 g/mol. The smallest absolute Gasteiger partial charge is 0.208 e. The molecule has 3 fully saturated rings. The predicted molar refractivity (Wildman–Crippen MR) is 69.5 cm³/mol. The van der Waals surface area contributed by atoms with Crippen LogP contribution in [0.25, 0.3) is 0 Å². The summed E-state index contributed by atoms with van der Waals surface area (Å²) in [7, 11) is 0. The molecule has 2 aliphatic carbocycles. The van der Waals surface area contributed by atoms with E-state index >= 15 is 0 Å². The first kappa shape index (κ1) is 11.3. The van der Waals surface area contributed by atoms with Crippen molar-refractivity contribution in [2.24, 2.45) is 16.8 Å². The van der Waals surface area contributed by atoms with Crippen molar-refractivity contribution in [1.29, 1.82) is 0 Å². The third kappa shape index (κ3) is 2.28. The Hall–Kier alpha value is -0.770. The summed E-state index contributed by atoms with van der Waals surface area (Å²) in [6, 6.07) is 1.22. The minimum absolute atomic E-state index is 0.508. The van der Waals surface area contributed by atoms with E-state index in [1.54, 1.807) is 0 Å². The molecule has 3 rings (SSSR count). The first-order chi connectivity index (χ1) is 8.36. The van der Waals surface area contributed by atoms with Crippen molar-refractivity contribution in [2.45, 2.75) is 63.5 Å². The number of aliphatic imine (C=N–C) groups is 1. The standard InChI is InChI=1S/C13H24N4/c14-16-13(15-11-4-2-1-3-5-11)17-9-10-6-7-12(17)8-10/h10-12H,1-9,14H2,(H,15,16). The van der Waals surface area contributed by atoms with Crippen LogP contribution in [0.4, 0.5) is 0 Å². The number of nitrogens with one attached hydrogen (secondary N) is 1. The Balaban J connectivity index is 1.67. The number of likely N-dealkylation sites (tertiary alicyclic amines) is 1. The third-order valence-corrected chi connectivity index (χ3v) is 4.69. The van der Waals surface area contributed by atoms with E-state index in [4.69, 9.17) is 10.8 Å². The van der Waals surface area contributed by atoms with E-state index in [0.29, 0.717) is 12.1 Å². The molecule has 96 valence electrons. The quantitative estimate of drug-likeness (QED) is 0.315. The molecule has 3 aliphatic rings. The maximum atomic E-state index is 5.68. The van der Waals surface area contributed by atoms with Gasteiger partial charge in [-0.05, 0) is 38.0 Å². The van der Waals surface area contributed by atoms with Gasteiger partial charge in [0, 0.05) is 12.6 Å². The van der Waals surface area contributed by atoms with Crippen molar-refractivity contribution in [2.75, 3.05) is 6.54 Å². The average Bonchev–Trinajstić information content (AvgIpc) is 2.99. The highest BCUT2D eigenvalue weighted by Gasteiger charge is 2.39. The van der Waals surface area contributed by atoms with Crippen LogP contribution < -0.4 is 11.3 Å². The van der Waals surface area contributed by atoms with E-state index in [9.17, 15) is 0 Å². The minimum atomic E-state index is 0.508. The van der Waals surface area contributed by atoms with Crippen molar-refractivity contribution in [3.63, 3.8) is 0 Å². The zero-order valence-electron chi connectivity index (χ0n) is 10.6. The van der Waals surface area contributed by atoms with Gasteiger partial charge in [0.15, 0.2) is 0 Å². The highest BCUT2D eigenvalue weighted by molar-refractivity contribution is 5.80. The molecule has 0 aromatic heterocycles. The highest BCUT2D eigenvalue weighted by atomic mass is 15.4. The lowest BCUT2D eigenvalue weighted by Crippen LogP contribution is -2.48. The van der Waals surface area contributed by atoms with E-state index in [2.05, 4.69) is 10.3 Å². The molecule has 3 N–H and O–H groups in total. The highest BCUT2D eigenvalue weighted by Crippen LogP contribution is 2.37. The summed E-state index contributed by atoms with van der Waals surface area (Å²) in [5.41, 5.74) is 2.85. The van der Waals surface area contributed by atoms with Crippen LogP contribution in [0.3, 0.4) is 0 Å². The molecule has 2 atom stereocenters. The zero-order chi connectivity index (χ0) is 11.7. The summed E-state index contributed by atoms with van der Waals surface area (Å²) in [6.07, 6.45) is 10.6. The van der Waals surface area contributed by atoms with Crippen molar-refractivity contribution < 1.29 is 0 Å². The van der Waals surface area contributed by atoms with Crippen LogP contribution in [0, 0.1) is 5.92 Å². The molecule has 2 unspecified atom stereocenters. The molecule has 1 saturated heterocycles. The van der Waals surface area contributed by atoms with Crippen molar-refractivity contribution >= 4 is 5.96 Å². The number of piperidine rings is 1. The summed E-state index contributed by atoms with van der Waals surface area (Å²) >= 11 is 0. The van der Waals surface area contributed by atoms with E-state index in [-0.39, 0.29) is 0 Å². The van der Waals surface area contributed by atoms with Gasteiger partial charge >= 0.3 is 0 Å². The van der Waals surface area contributed by atoms with Crippen LogP contribution in [0.5, 0.6) is 0 Å². The lowest BCUT2D eigenvalue weighted by Gasteiger charge is -2.31. The average molecular weight is 236 g/mol. The van der Waals surface area contributed by atoms with E-state index in [0.717, 1.165) is 11.9 Å². The molecule has 1 heterocycles. The Bertz CT molecular complexity index is 296. The molecule has 0 radical (unpaired) electrons. The molecule has 4 nitrogen and oxygen atoms in total. The number of hydrazine groups is 1. The molecule has 0 spiro atoms. The van der Waals surface area contributed by atoms with Gasteiger partial charge in [-0.15, -0.1) is 0 Å². The molecular weight excluding hydrogens is 212 g/mol. The fourth-order valence-corrected chi connectivity index (χ4v) is 3.76. The van der Waals surface area contributed by atoms with Crippen LogP contribution in [-0.2, 0) is 0 Å². The molecule has 1 aliphatic heterocycles. The van der Waals surface area contributed by atoms with Crippen molar-refractivity contribution in [3.8, 4) is 0 Å². The van der Waals surface area contributed by atoms with Crippen LogP contribution in [-0.4, -0.2) is 29.5 Å². The fraction of sp³-hybridized carbons (Fsp3) is 0.923. The van der Waals surface area contributed by atoms with Gasteiger partial charge in [0.25, 0.3) is 0 Å². The van der Waals surface area contributed by atoms with Gasteiger partial charge in [-0.25, -0.2) is 10.8 Å². The second kappa shape index (κ2) is 4.84. The maximum Gasteiger partial charge on any atom is 0.208 e. The van der Waals surface area contributed by atoms with E-state index < -0.39 is 0 Å². The Morgan fingerprint density at radius 3 is 2.53 bits per heavy atom. The molecule has 0 aromatic rings. The lowest BCUT2D eigenvalue weighted by atomic mass is 9.96. The van der Waals surface area contributed by atoms with Crippen LogP contribution >= 0.6 is 0 Å². The molecule has 0 aromatic carbocycles. The first-order valence-electron chi connectivity index (χ1n) is 7.18. The van der Waals surface area contributed by atoms with Crippen LogP contribution in [0.2, 0.25) is 0 Å². The Kier molecular flexibility index (Phi) is 3.23. The number of nitrogens with zero attached hydrogens (tertiary/aromatic N) is 2. The first-order valence-corrected chi connectivity index (χ1v) is 7.18. The van der Waals surface area contributed by atoms with Crippen LogP contribution in [0.15, 0.2) is 4.99 Å². The summed E-state index contributed by atoms with van der Waals surface area (Å²) in [5.74, 6) is 7.53. The summed E-state index contributed by atoms with van der Waals surface area (Å²) in [5, 5.41) is 0. The van der Waals surface area contributed by atoms with Gasteiger partial charge < -0.3 is 4.90 Å². The minimum Gasteiger partial charge on any atom is -0.339 e. The number of rotatable bonds is 1. The number of hydrogen-bond acceptors (Lipinski definition) is 2. The molecule has 2 bridgehead atoms. The Morgan fingerprint density at radius 1 is 1.12 bits per heavy atom. The van der Waals surface area contributed by atoms with E-state index in [1.165, 1.54) is 57.9 Å². The number of fused-ring (bicyclic) bond motifs is 2. The SMILES string of the molecule is NNC(=NC1CCCCC1)N1CC2CCC1C2. The molecule has 0 amide bonds. The normalized spacial score (nSPS) is 34.4. The maximum absolute atomic E-state index is 5.68. The van der Waals surface area contributed by atoms with Gasteiger partial charge in [0.2, 0.25) is 5.96 Å². The van der Waals surface area contributed by atoms with Crippen LogP contribution in [0.1, 0.15) is 51.4 Å². The lowest BCUT2D eigenvalue weighted by molar-refractivity contribution is 0.313. The molecule has 17 heavy (non-hydrogen) atoms. The van der Waals surface area contributed by atoms with Gasteiger partial charge in [0.05, 0.1) is 6.04 Å². The van der Waals surface area contributed by atoms with Gasteiger partial charge in [0.1, 0.15) is 0 Å². The van der Waals surface area contributed by atoms with Gasteiger partial charge in [-0.2, -0.15) is 0 Å². The van der Waals surface area contributed by atoms with Crippen molar-refractivity contribution in [1.82, 2.24) is 10.3 Å². The third-order valence-electron chi connectivity index (χ3n) is 4.69. The molecular formula is C13H24N4. The Labute approximate surface area is 104 Å². The topological polar surface area (TPSA) is 53.6 Å². The second-order valence-electron chi connectivity index (χ2n) is 5.87. The number of hydrogen-bond donors (Lipinski definition) is 2. The molecule has 4 heteroatoms. The molecule has 2 saturated carbocycles. The fourth-order valence-electron chi connectivity index (χ4n) is 3.76. The largest absolute Gasteiger partial charge is 0.339 e. The summed E-state index contributed by atoms with van der Waals surface area (Å²) in [4.78, 5) is 7.28.